The first kappa shape index (κ1) is 31.7. The van der Waals surface area contributed by atoms with Gasteiger partial charge in [0.25, 0.3) is 11.1 Å². The molecule has 8 nitrogen and oxygen atoms in total. The Balaban J connectivity index is 1.52. The van der Waals surface area contributed by atoms with Crippen LogP contribution in [0.5, 0.6) is 17.2 Å². The highest BCUT2D eigenvalue weighted by Gasteiger charge is 2.35. The number of carbonyl (C=O) groups excluding carboxylic acids is 2. The fourth-order valence-electron chi connectivity index (χ4n) is 4.21. The van der Waals surface area contributed by atoms with Crippen LogP contribution < -0.4 is 13.7 Å². The van der Waals surface area contributed by atoms with Crippen molar-refractivity contribution in [1.29, 1.82) is 0 Å². The minimum Gasteiger partial charge on any atom is -0.491 e. The summed E-state index contributed by atoms with van der Waals surface area (Å²) in [6.07, 6.45) is 1.56. The van der Waals surface area contributed by atoms with E-state index in [-0.39, 0.29) is 47.0 Å². The Morgan fingerprint density at radius 1 is 0.952 bits per heavy atom. The molecule has 0 spiro atoms. The zero-order valence-corrected chi connectivity index (χ0v) is 27.2. The maximum absolute atomic E-state index is 13.1. The number of benzene rings is 3. The third kappa shape index (κ3) is 7.37. The van der Waals surface area contributed by atoms with Crippen molar-refractivity contribution in [2.24, 2.45) is 0 Å². The second-order valence-corrected chi connectivity index (χ2v) is 13.4. The second kappa shape index (κ2) is 13.4. The van der Waals surface area contributed by atoms with E-state index < -0.39 is 21.3 Å². The second-order valence-electron chi connectivity index (χ2n) is 9.99. The lowest BCUT2D eigenvalue weighted by Crippen LogP contribution is -2.32. The summed E-state index contributed by atoms with van der Waals surface area (Å²) in [4.78, 5) is 27.2. The van der Waals surface area contributed by atoms with Gasteiger partial charge in [-0.15, -0.1) is 0 Å². The summed E-state index contributed by atoms with van der Waals surface area (Å²) in [7, 11) is -4.14. The maximum atomic E-state index is 13.1. The van der Waals surface area contributed by atoms with Crippen molar-refractivity contribution in [2.45, 2.75) is 45.4 Å². The Morgan fingerprint density at radius 2 is 1.64 bits per heavy atom. The van der Waals surface area contributed by atoms with Gasteiger partial charge < -0.3 is 13.7 Å². The lowest BCUT2D eigenvalue weighted by molar-refractivity contribution is -0.123. The van der Waals surface area contributed by atoms with E-state index in [4.69, 9.17) is 13.7 Å². The average molecular weight is 675 g/mol. The van der Waals surface area contributed by atoms with Gasteiger partial charge in [0.05, 0.1) is 22.5 Å². The van der Waals surface area contributed by atoms with E-state index in [2.05, 4.69) is 29.8 Å². The van der Waals surface area contributed by atoms with E-state index in [0.29, 0.717) is 10.0 Å². The number of halogens is 1. The summed E-state index contributed by atoms with van der Waals surface area (Å²) in [5.74, 6) is 0.726. The Kier molecular flexibility index (Phi) is 10.1. The van der Waals surface area contributed by atoms with Crippen LogP contribution in [-0.4, -0.2) is 44.2 Å². The van der Waals surface area contributed by atoms with Crippen LogP contribution >= 0.6 is 27.7 Å². The van der Waals surface area contributed by atoms with Crippen molar-refractivity contribution in [2.75, 3.05) is 19.8 Å². The summed E-state index contributed by atoms with van der Waals surface area (Å²) in [5.41, 5.74) is 3.56. The third-order valence-corrected chi connectivity index (χ3v) is 9.10. The Hall–Kier alpha value is -3.28. The van der Waals surface area contributed by atoms with Gasteiger partial charge in [-0.3, -0.25) is 14.5 Å². The van der Waals surface area contributed by atoms with Gasteiger partial charge in [0.2, 0.25) is 0 Å². The highest BCUT2D eigenvalue weighted by atomic mass is 79.9. The van der Waals surface area contributed by atoms with E-state index in [1.165, 1.54) is 12.1 Å². The van der Waals surface area contributed by atoms with Crippen molar-refractivity contribution in [3.63, 3.8) is 0 Å². The fraction of sp³-hybridized carbons (Fsp3) is 0.290. The number of imide groups is 1. The monoisotopic (exact) mass is 673 g/mol. The minimum atomic E-state index is -4.14. The van der Waals surface area contributed by atoms with Gasteiger partial charge in [-0.05, 0) is 107 Å². The van der Waals surface area contributed by atoms with Gasteiger partial charge in [-0.25, -0.2) is 0 Å². The standard InChI is InChI=1S/C31H32BrNO7S2/c1-6-38-27-17-22(16-25(32)29(27)40-42(36,37)23-10-7-20(4)8-11-23)18-28-30(34)33(31(35)41-28)13-14-39-26-15-21(5)9-12-24(26)19(2)3/h7-12,15-19H,6,13-14H2,1-5H3/b28-18-. The summed E-state index contributed by atoms with van der Waals surface area (Å²) in [6.45, 7) is 10.3. The Labute approximate surface area is 259 Å². The lowest BCUT2D eigenvalue weighted by atomic mass is 10.0. The lowest BCUT2D eigenvalue weighted by Gasteiger charge is -2.17. The molecule has 0 N–H and O–H groups in total. The molecule has 2 amide bonds. The molecule has 0 unspecified atom stereocenters. The number of thioether (sulfide) groups is 1. The largest absolute Gasteiger partial charge is 0.491 e. The van der Waals surface area contributed by atoms with Crippen LogP contribution in [0.2, 0.25) is 0 Å². The molecule has 0 saturated carbocycles. The first-order valence-corrected chi connectivity index (χ1v) is 16.4. The van der Waals surface area contributed by atoms with E-state index in [0.717, 1.165) is 39.1 Å². The van der Waals surface area contributed by atoms with Gasteiger partial charge in [0.1, 0.15) is 17.3 Å². The number of nitrogens with zero attached hydrogens (tertiary/aromatic N) is 1. The van der Waals surface area contributed by atoms with Crippen molar-refractivity contribution >= 4 is 55.0 Å². The number of hydrogen-bond acceptors (Lipinski definition) is 8. The number of carbonyl (C=O) groups is 2. The highest BCUT2D eigenvalue weighted by molar-refractivity contribution is 9.10. The summed E-state index contributed by atoms with van der Waals surface area (Å²) < 4.78 is 43.3. The average Bonchev–Trinajstić information content (AvgIpc) is 3.18. The molecule has 222 valence electrons. The first-order valence-electron chi connectivity index (χ1n) is 13.4. The zero-order chi connectivity index (χ0) is 30.6. The van der Waals surface area contributed by atoms with Crippen molar-refractivity contribution in [1.82, 2.24) is 4.90 Å². The molecule has 3 aromatic rings. The molecule has 42 heavy (non-hydrogen) atoms. The first-order chi connectivity index (χ1) is 19.9. The number of hydrogen-bond donors (Lipinski definition) is 0. The summed E-state index contributed by atoms with van der Waals surface area (Å²) >= 11 is 4.22. The van der Waals surface area contributed by atoms with Gasteiger partial charge in [-0.2, -0.15) is 8.42 Å². The van der Waals surface area contributed by atoms with Crippen LogP contribution in [0.25, 0.3) is 6.08 Å². The summed E-state index contributed by atoms with van der Waals surface area (Å²) in [5, 5.41) is -0.392. The smallest absolute Gasteiger partial charge is 0.339 e. The molecule has 0 bridgehead atoms. The van der Waals surface area contributed by atoms with Crippen LogP contribution in [0.15, 0.2) is 68.9 Å². The number of aryl methyl sites for hydroxylation is 2. The fourth-order valence-corrected chi connectivity index (χ4v) is 6.68. The van der Waals surface area contributed by atoms with E-state index in [1.807, 2.05) is 32.0 Å². The van der Waals surface area contributed by atoms with Crippen LogP contribution in [-0.2, 0) is 14.9 Å². The number of rotatable bonds is 11. The van der Waals surface area contributed by atoms with Crippen molar-refractivity contribution in [3.8, 4) is 17.2 Å². The predicted molar refractivity (Wildman–Crippen MR) is 168 cm³/mol. The SMILES string of the molecule is CCOc1cc(/C=C2\SC(=O)N(CCOc3cc(C)ccc3C(C)C)C2=O)cc(Br)c1OS(=O)(=O)c1ccc(C)cc1. The summed E-state index contributed by atoms with van der Waals surface area (Å²) in [6, 6.07) is 15.5. The van der Waals surface area contributed by atoms with Crippen molar-refractivity contribution in [3.05, 3.63) is 86.2 Å². The molecule has 0 radical (unpaired) electrons. The van der Waals surface area contributed by atoms with Gasteiger partial charge in [0, 0.05) is 0 Å². The van der Waals surface area contributed by atoms with E-state index in [1.54, 1.807) is 37.3 Å². The molecule has 4 rings (SSSR count). The van der Waals surface area contributed by atoms with Gasteiger partial charge >= 0.3 is 10.1 Å². The van der Waals surface area contributed by atoms with Crippen LogP contribution in [0.4, 0.5) is 4.79 Å². The van der Waals surface area contributed by atoms with Gasteiger partial charge in [0.15, 0.2) is 11.5 Å². The number of amides is 2. The topological polar surface area (TPSA) is 99.2 Å². The van der Waals surface area contributed by atoms with Crippen LogP contribution in [0.1, 0.15) is 48.9 Å². The normalized spacial score (nSPS) is 14.6. The third-order valence-electron chi connectivity index (χ3n) is 6.37. The molecule has 3 aromatic carbocycles. The molecule has 1 aliphatic rings. The molecular formula is C31H32BrNO7S2. The molecular weight excluding hydrogens is 642 g/mol. The molecule has 0 aromatic heterocycles. The van der Waals surface area contributed by atoms with E-state index >= 15 is 0 Å². The quantitative estimate of drug-likeness (QED) is 0.153. The maximum Gasteiger partial charge on any atom is 0.339 e. The molecule has 0 aliphatic carbocycles. The number of ether oxygens (including phenoxy) is 2. The highest BCUT2D eigenvalue weighted by Crippen LogP contribution is 2.41. The molecule has 11 heteroatoms. The minimum absolute atomic E-state index is 0.00649. The Bertz CT molecular complexity index is 1630. The predicted octanol–water partition coefficient (Wildman–Crippen LogP) is 7.47. The molecule has 1 fully saturated rings. The molecule has 1 heterocycles. The zero-order valence-electron chi connectivity index (χ0n) is 24.0. The molecule has 0 atom stereocenters. The van der Waals surface area contributed by atoms with Crippen LogP contribution in [0.3, 0.4) is 0 Å². The Morgan fingerprint density at radius 3 is 2.31 bits per heavy atom. The molecule has 1 saturated heterocycles. The van der Waals surface area contributed by atoms with Gasteiger partial charge in [-0.1, -0.05) is 43.7 Å². The molecule has 1 aliphatic heterocycles. The van der Waals surface area contributed by atoms with Crippen molar-refractivity contribution < 1.29 is 31.7 Å². The van der Waals surface area contributed by atoms with Crippen LogP contribution in [0, 0.1) is 13.8 Å². The van der Waals surface area contributed by atoms with E-state index in [9.17, 15) is 18.0 Å².